The first-order chi connectivity index (χ1) is 17.2. The molecular weight excluding hydrogens is 563 g/mol. The fourth-order valence-corrected chi connectivity index (χ4v) is 4.28. The number of ether oxygens (including phenoxy) is 2. The highest BCUT2D eigenvalue weighted by Gasteiger charge is 2.12. The zero-order valence-electron chi connectivity index (χ0n) is 22.7. The molecule has 0 spiro atoms. The fraction of sp³-hybridized carbons (Fsp3) is 0.600. The Bertz CT molecular complexity index is 860. The lowest BCUT2D eigenvalue weighted by molar-refractivity contribution is -0.704. The third kappa shape index (κ3) is 12.9. The number of hydrogen-bond acceptors (Lipinski definition) is 3. The molecule has 202 valence electrons. The van der Waals surface area contributed by atoms with E-state index in [4.69, 9.17) is 9.47 Å². The summed E-state index contributed by atoms with van der Waals surface area (Å²) in [6.07, 6.45) is 16.5. The minimum Gasteiger partial charge on any atom is -1.00 e. The van der Waals surface area contributed by atoms with Crippen molar-refractivity contribution in [1.82, 2.24) is 5.32 Å². The van der Waals surface area contributed by atoms with Gasteiger partial charge in [0, 0.05) is 18.6 Å². The second kappa shape index (κ2) is 20.3. The fourth-order valence-electron chi connectivity index (χ4n) is 4.28. The number of pyridine rings is 1. The Kier molecular flexibility index (Phi) is 18.1. The molecule has 1 aromatic heterocycles. The van der Waals surface area contributed by atoms with E-state index in [-0.39, 0.29) is 29.9 Å². The van der Waals surface area contributed by atoms with E-state index < -0.39 is 0 Å². The maximum absolute atomic E-state index is 12.5. The van der Waals surface area contributed by atoms with Crippen LogP contribution in [-0.2, 0) is 24.3 Å². The van der Waals surface area contributed by atoms with Crippen LogP contribution in [0.2, 0.25) is 0 Å². The third-order valence-corrected chi connectivity index (χ3v) is 6.31. The largest absolute Gasteiger partial charge is 1.00 e. The first-order valence-corrected chi connectivity index (χ1v) is 13.7. The normalized spacial score (nSPS) is 10.5. The Morgan fingerprint density at radius 1 is 0.861 bits per heavy atom. The van der Waals surface area contributed by atoms with Crippen molar-refractivity contribution in [2.75, 3.05) is 13.7 Å². The number of methoxy groups -OCH3 is 1. The molecule has 0 fully saturated rings. The predicted molar refractivity (Wildman–Crippen MR) is 143 cm³/mol. The Labute approximate surface area is 236 Å². The van der Waals surface area contributed by atoms with E-state index in [1.54, 1.807) is 7.11 Å². The lowest BCUT2D eigenvalue weighted by atomic mass is 10.1. The van der Waals surface area contributed by atoms with Gasteiger partial charge in [0.05, 0.1) is 20.1 Å². The van der Waals surface area contributed by atoms with Gasteiger partial charge in [-0.25, -0.2) is 4.57 Å². The number of rotatable bonds is 19. The van der Waals surface area contributed by atoms with Crippen molar-refractivity contribution in [3.63, 3.8) is 0 Å². The lowest BCUT2D eigenvalue weighted by Gasteiger charge is -2.12. The molecule has 0 aliphatic rings. The summed E-state index contributed by atoms with van der Waals surface area (Å²) in [5.41, 5.74) is 2.02. The van der Waals surface area contributed by atoms with Crippen molar-refractivity contribution in [2.45, 2.75) is 104 Å². The van der Waals surface area contributed by atoms with Crippen molar-refractivity contribution in [2.24, 2.45) is 0 Å². The van der Waals surface area contributed by atoms with Crippen molar-refractivity contribution in [3.05, 3.63) is 53.9 Å². The van der Waals surface area contributed by atoms with E-state index in [1.165, 1.54) is 57.8 Å². The van der Waals surface area contributed by atoms with Crippen molar-refractivity contribution >= 4 is 5.91 Å². The average Bonchev–Trinajstić information content (AvgIpc) is 2.87. The van der Waals surface area contributed by atoms with Gasteiger partial charge in [0.15, 0.2) is 17.7 Å². The number of aryl methyl sites for hydroxylation is 1. The van der Waals surface area contributed by atoms with Gasteiger partial charge < -0.3 is 38.8 Å². The quantitative estimate of drug-likeness (QED) is 0.151. The van der Waals surface area contributed by atoms with E-state index in [1.807, 2.05) is 30.3 Å². The highest BCUT2D eigenvalue weighted by molar-refractivity contribution is 5.78. The Morgan fingerprint density at radius 3 is 2.22 bits per heavy atom. The summed E-state index contributed by atoms with van der Waals surface area (Å²) in [5, 5.41) is 3.04. The van der Waals surface area contributed by atoms with E-state index in [0.717, 1.165) is 36.4 Å². The van der Waals surface area contributed by atoms with Crippen LogP contribution in [0.15, 0.2) is 42.6 Å². The van der Waals surface area contributed by atoms with Gasteiger partial charge in [-0.05, 0) is 24.1 Å². The molecule has 0 atom stereocenters. The summed E-state index contributed by atoms with van der Waals surface area (Å²) >= 11 is 0. The maximum atomic E-state index is 12.5. The first kappa shape index (κ1) is 32.2. The van der Waals surface area contributed by atoms with Crippen LogP contribution in [0.1, 0.15) is 95.7 Å². The van der Waals surface area contributed by atoms with Crippen LogP contribution < -0.4 is 43.3 Å². The van der Waals surface area contributed by atoms with Gasteiger partial charge in [0.2, 0.25) is 11.6 Å². The molecular formula is C30H47IN2O3. The SMILES string of the molecule is CCCCCCCCCCCCOc1ccc(CC(=O)NCc2cccc[n+]2CCC)cc1OC.[I-]. The van der Waals surface area contributed by atoms with Gasteiger partial charge in [-0.15, -0.1) is 0 Å². The minimum atomic E-state index is -0.00186. The summed E-state index contributed by atoms with van der Waals surface area (Å²) in [5.74, 6) is 1.43. The second-order valence-electron chi connectivity index (χ2n) is 9.35. The number of benzene rings is 1. The number of hydrogen-bond donors (Lipinski definition) is 1. The van der Waals surface area contributed by atoms with Gasteiger partial charge in [-0.3, -0.25) is 4.79 Å². The molecule has 2 aromatic rings. The molecule has 0 bridgehead atoms. The summed E-state index contributed by atoms with van der Waals surface area (Å²) in [7, 11) is 1.65. The smallest absolute Gasteiger partial charge is 0.224 e. The number of nitrogens with one attached hydrogen (secondary N) is 1. The molecule has 0 saturated carbocycles. The summed E-state index contributed by atoms with van der Waals surface area (Å²) in [6.45, 7) is 6.59. The molecule has 0 aliphatic heterocycles. The van der Waals surface area contributed by atoms with Crippen LogP contribution in [-0.4, -0.2) is 19.6 Å². The van der Waals surface area contributed by atoms with Crippen LogP contribution in [0.3, 0.4) is 0 Å². The number of amides is 1. The Balaban J connectivity index is 0.00000648. The standard InChI is InChI=1S/C30H46N2O3.HI/c1-4-6-7-8-9-10-11-12-13-16-22-35-28-19-18-26(23-29(28)34-3)24-30(33)31-25-27-17-14-15-21-32(27)20-5-2;/h14-15,17-19,21,23H,4-13,16,20,22,24-25H2,1-3H3;1H. The van der Waals surface area contributed by atoms with Crippen LogP contribution in [0.5, 0.6) is 11.5 Å². The van der Waals surface area contributed by atoms with Gasteiger partial charge in [0.1, 0.15) is 13.1 Å². The van der Waals surface area contributed by atoms with Crippen LogP contribution >= 0.6 is 0 Å². The molecule has 0 radical (unpaired) electrons. The second-order valence-corrected chi connectivity index (χ2v) is 9.35. The number of unbranched alkanes of at least 4 members (excludes halogenated alkanes) is 9. The van der Waals surface area contributed by atoms with E-state index >= 15 is 0 Å². The molecule has 1 heterocycles. The molecule has 1 aromatic carbocycles. The number of carbonyl (C=O) groups is 1. The third-order valence-electron chi connectivity index (χ3n) is 6.31. The molecule has 1 N–H and O–H groups in total. The zero-order chi connectivity index (χ0) is 25.1. The molecule has 5 nitrogen and oxygen atoms in total. The molecule has 2 rings (SSSR count). The molecule has 0 aliphatic carbocycles. The highest BCUT2D eigenvalue weighted by Crippen LogP contribution is 2.28. The van der Waals surface area contributed by atoms with Gasteiger partial charge in [-0.1, -0.05) is 83.8 Å². The molecule has 6 heteroatoms. The zero-order valence-corrected chi connectivity index (χ0v) is 24.9. The van der Waals surface area contributed by atoms with Gasteiger partial charge in [0.25, 0.3) is 0 Å². The van der Waals surface area contributed by atoms with Crippen LogP contribution in [0.4, 0.5) is 0 Å². The van der Waals surface area contributed by atoms with Crippen LogP contribution in [0, 0.1) is 0 Å². The number of carbonyl (C=O) groups excluding carboxylic acids is 1. The number of halogens is 1. The Hall–Kier alpha value is -1.83. The van der Waals surface area contributed by atoms with Crippen molar-refractivity contribution in [3.8, 4) is 11.5 Å². The molecule has 36 heavy (non-hydrogen) atoms. The van der Waals surface area contributed by atoms with E-state index in [0.29, 0.717) is 25.3 Å². The monoisotopic (exact) mass is 610 g/mol. The van der Waals surface area contributed by atoms with Gasteiger partial charge >= 0.3 is 0 Å². The summed E-state index contributed by atoms with van der Waals surface area (Å²) < 4.78 is 13.7. The molecule has 0 unspecified atom stereocenters. The van der Waals surface area contributed by atoms with Crippen molar-refractivity contribution in [1.29, 1.82) is 0 Å². The summed E-state index contributed by atoms with van der Waals surface area (Å²) in [4.78, 5) is 12.5. The minimum absolute atomic E-state index is 0. The first-order valence-electron chi connectivity index (χ1n) is 13.7. The van der Waals surface area contributed by atoms with E-state index in [2.05, 4.69) is 36.0 Å². The number of nitrogens with zero attached hydrogens (tertiary/aromatic N) is 1. The Morgan fingerprint density at radius 2 is 1.56 bits per heavy atom. The van der Waals surface area contributed by atoms with E-state index in [9.17, 15) is 4.79 Å². The average molecular weight is 611 g/mol. The lowest BCUT2D eigenvalue weighted by Crippen LogP contribution is -3.00. The van der Waals surface area contributed by atoms with Crippen LogP contribution in [0.25, 0.3) is 0 Å². The summed E-state index contributed by atoms with van der Waals surface area (Å²) in [6, 6.07) is 11.9. The molecule has 1 amide bonds. The number of aromatic nitrogens is 1. The highest BCUT2D eigenvalue weighted by atomic mass is 127. The predicted octanol–water partition coefficient (Wildman–Crippen LogP) is 3.56. The topological polar surface area (TPSA) is 51.4 Å². The van der Waals surface area contributed by atoms with Crippen molar-refractivity contribution < 1.29 is 42.8 Å². The molecule has 0 saturated heterocycles. The maximum Gasteiger partial charge on any atom is 0.224 e. The van der Waals surface area contributed by atoms with Gasteiger partial charge in [-0.2, -0.15) is 0 Å².